The number of carbonyl (C=O) groups is 1. The molecule has 0 aliphatic heterocycles. The number of benzene rings is 1. The van der Waals surface area contributed by atoms with Gasteiger partial charge in [-0.1, -0.05) is 18.2 Å². The first-order valence-electron chi connectivity index (χ1n) is 6.34. The molecule has 0 saturated carbocycles. The molecule has 2 rings (SSSR count). The van der Waals surface area contributed by atoms with Crippen LogP contribution in [-0.2, 0) is 0 Å². The summed E-state index contributed by atoms with van der Waals surface area (Å²) >= 11 is 0. The fourth-order valence-corrected chi connectivity index (χ4v) is 1.95. The van der Waals surface area contributed by atoms with Gasteiger partial charge in [0.2, 0.25) is 0 Å². The van der Waals surface area contributed by atoms with Gasteiger partial charge in [-0.25, -0.2) is 0 Å². The fraction of sp³-hybridized carbons (Fsp3) is 0.200. The van der Waals surface area contributed by atoms with Crippen molar-refractivity contribution in [3.63, 3.8) is 0 Å². The highest BCUT2D eigenvalue weighted by Crippen LogP contribution is 2.21. The average molecular weight is 271 g/mol. The van der Waals surface area contributed by atoms with Gasteiger partial charge in [0.1, 0.15) is 5.56 Å². The number of aryl methyl sites for hydroxylation is 1. The number of para-hydroxylation sites is 1. The van der Waals surface area contributed by atoms with Crippen LogP contribution in [0.1, 0.15) is 34.6 Å². The lowest BCUT2D eigenvalue weighted by molar-refractivity contribution is 0.102. The van der Waals surface area contributed by atoms with Crippen LogP contribution in [0.25, 0.3) is 0 Å². The minimum absolute atomic E-state index is 0.0788. The second kappa shape index (κ2) is 5.71. The monoisotopic (exact) mass is 271 g/mol. The Morgan fingerprint density at radius 1 is 1.35 bits per heavy atom. The average Bonchev–Trinajstić information content (AvgIpc) is 2.38. The van der Waals surface area contributed by atoms with Crippen molar-refractivity contribution in [2.24, 2.45) is 5.73 Å². The number of pyridine rings is 1. The van der Waals surface area contributed by atoms with Crippen molar-refractivity contribution in [2.75, 3.05) is 5.32 Å². The summed E-state index contributed by atoms with van der Waals surface area (Å²) in [4.78, 5) is 26.8. The summed E-state index contributed by atoms with van der Waals surface area (Å²) in [5, 5.41) is 2.73. The molecule has 2 aromatic rings. The fourth-order valence-electron chi connectivity index (χ4n) is 1.95. The summed E-state index contributed by atoms with van der Waals surface area (Å²) in [5.41, 5.74) is 7.78. The SMILES string of the molecule is Cc1cc(=O)c(C(=O)Nc2ccccc2C(C)N)c[nH]1. The number of nitrogens with two attached hydrogens (primary N) is 1. The van der Waals surface area contributed by atoms with E-state index in [1.165, 1.54) is 12.3 Å². The van der Waals surface area contributed by atoms with E-state index < -0.39 is 5.91 Å². The molecule has 0 fully saturated rings. The van der Waals surface area contributed by atoms with Crippen LogP contribution in [0.3, 0.4) is 0 Å². The smallest absolute Gasteiger partial charge is 0.261 e. The molecule has 1 aromatic heterocycles. The first kappa shape index (κ1) is 14.0. The van der Waals surface area contributed by atoms with Gasteiger partial charge in [-0.15, -0.1) is 0 Å². The van der Waals surface area contributed by atoms with Crippen molar-refractivity contribution in [1.29, 1.82) is 0 Å². The summed E-state index contributed by atoms with van der Waals surface area (Å²) in [5.74, 6) is -0.445. The van der Waals surface area contributed by atoms with Gasteiger partial charge >= 0.3 is 0 Å². The molecule has 1 heterocycles. The van der Waals surface area contributed by atoms with Crippen LogP contribution in [0, 0.1) is 6.92 Å². The minimum atomic E-state index is -0.445. The lowest BCUT2D eigenvalue weighted by Crippen LogP contribution is -2.22. The number of H-pyrrole nitrogens is 1. The largest absolute Gasteiger partial charge is 0.364 e. The van der Waals surface area contributed by atoms with Crippen molar-refractivity contribution >= 4 is 11.6 Å². The number of nitrogens with one attached hydrogen (secondary N) is 2. The van der Waals surface area contributed by atoms with Crippen molar-refractivity contribution < 1.29 is 4.79 Å². The van der Waals surface area contributed by atoms with Crippen molar-refractivity contribution in [3.8, 4) is 0 Å². The van der Waals surface area contributed by atoms with Crippen LogP contribution in [0.15, 0.2) is 41.3 Å². The van der Waals surface area contributed by atoms with Gasteiger partial charge in [0.05, 0.1) is 0 Å². The third-order valence-corrected chi connectivity index (χ3v) is 3.00. The highest BCUT2D eigenvalue weighted by atomic mass is 16.2. The Hall–Kier alpha value is -2.40. The molecular formula is C15H17N3O2. The van der Waals surface area contributed by atoms with E-state index in [2.05, 4.69) is 10.3 Å². The summed E-state index contributed by atoms with van der Waals surface area (Å²) in [6, 6.07) is 8.46. The summed E-state index contributed by atoms with van der Waals surface area (Å²) in [6.07, 6.45) is 1.42. The topological polar surface area (TPSA) is 88.0 Å². The summed E-state index contributed by atoms with van der Waals surface area (Å²) < 4.78 is 0. The zero-order valence-corrected chi connectivity index (χ0v) is 11.4. The Morgan fingerprint density at radius 3 is 2.70 bits per heavy atom. The van der Waals surface area contributed by atoms with Gasteiger partial charge < -0.3 is 16.0 Å². The van der Waals surface area contributed by atoms with Crippen LogP contribution in [0.5, 0.6) is 0 Å². The van der Waals surface area contributed by atoms with Gasteiger partial charge in [0, 0.05) is 29.7 Å². The number of aromatic nitrogens is 1. The van der Waals surface area contributed by atoms with Crippen LogP contribution >= 0.6 is 0 Å². The van der Waals surface area contributed by atoms with Gasteiger partial charge in [0.15, 0.2) is 5.43 Å². The molecule has 1 aromatic carbocycles. The second-order valence-electron chi connectivity index (χ2n) is 4.72. The van der Waals surface area contributed by atoms with Gasteiger partial charge in [-0.05, 0) is 25.5 Å². The van der Waals surface area contributed by atoms with E-state index in [1.54, 1.807) is 19.1 Å². The molecule has 20 heavy (non-hydrogen) atoms. The number of carbonyl (C=O) groups excluding carboxylic acids is 1. The predicted octanol–water partition coefficient (Wildman–Crippen LogP) is 1.96. The first-order valence-corrected chi connectivity index (χ1v) is 6.34. The molecule has 0 aliphatic carbocycles. The molecule has 5 heteroatoms. The quantitative estimate of drug-likeness (QED) is 0.797. The van der Waals surface area contributed by atoms with Crippen molar-refractivity contribution in [3.05, 3.63) is 63.6 Å². The molecular weight excluding hydrogens is 254 g/mol. The van der Waals surface area contributed by atoms with Crippen LogP contribution in [-0.4, -0.2) is 10.9 Å². The number of rotatable bonds is 3. The lowest BCUT2D eigenvalue weighted by Gasteiger charge is -2.13. The second-order valence-corrected chi connectivity index (χ2v) is 4.72. The number of aromatic amines is 1. The van der Waals surface area contributed by atoms with E-state index in [-0.39, 0.29) is 17.0 Å². The van der Waals surface area contributed by atoms with Gasteiger partial charge in [0.25, 0.3) is 5.91 Å². The molecule has 0 saturated heterocycles. The maximum atomic E-state index is 12.1. The standard InChI is InChI=1S/C15H17N3O2/c1-9-7-14(19)12(8-17-9)15(20)18-13-6-4-3-5-11(13)10(2)16/h3-8,10H,16H2,1-2H3,(H,17,19)(H,18,20). The molecule has 1 atom stereocenters. The normalized spacial score (nSPS) is 11.9. The Labute approximate surface area is 116 Å². The van der Waals surface area contributed by atoms with Gasteiger partial charge in [-0.3, -0.25) is 9.59 Å². The van der Waals surface area contributed by atoms with E-state index in [1.807, 2.05) is 19.1 Å². The van der Waals surface area contributed by atoms with E-state index in [9.17, 15) is 9.59 Å². The highest BCUT2D eigenvalue weighted by molar-refractivity contribution is 6.04. The van der Waals surface area contributed by atoms with Crippen molar-refractivity contribution in [2.45, 2.75) is 19.9 Å². The number of anilines is 1. The Bertz CT molecular complexity index is 690. The Morgan fingerprint density at radius 2 is 2.05 bits per heavy atom. The molecule has 104 valence electrons. The Kier molecular flexibility index (Phi) is 4.00. The number of hydrogen-bond acceptors (Lipinski definition) is 3. The summed E-state index contributed by atoms with van der Waals surface area (Å²) in [6.45, 7) is 3.60. The number of amides is 1. The zero-order chi connectivity index (χ0) is 14.7. The molecule has 5 nitrogen and oxygen atoms in total. The van der Waals surface area contributed by atoms with Gasteiger partial charge in [-0.2, -0.15) is 0 Å². The van der Waals surface area contributed by atoms with E-state index in [0.29, 0.717) is 11.4 Å². The van der Waals surface area contributed by atoms with E-state index in [4.69, 9.17) is 5.73 Å². The molecule has 0 spiro atoms. The summed E-state index contributed by atoms with van der Waals surface area (Å²) in [7, 11) is 0. The predicted molar refractivity (Wildman–Crippen MR) is 78.8 cm³/mol. The van der Waals surface area contributed by atoms with Crippen LogP contribution in [0.4, 0.5) is 5.69 Å². The van der Waals surface area contributed by atoms with E-state index >= 15 is 0 Å². The molecule has 1 amide bonds. The van der Waals surface area contributed by atoms with Crippen LogP contribution < -0.4 is 16.5 Å². The van der Waals surface area contributed by atoms with Crippen molar-refractivity contribution in [1.82, 2.24) is 4.98 Å². The molecule has 4 N–H and O–H groups in total. The molecule has 0 aliphatic rings. The first-order chi connectivity index (χ1) is 9.49. The zero-order valence-electron chi connectivity index (χ0n) is 11.4. The highest BCUT2D eigenvalue weighted by Gasteiger charge is 2.13. The maximum Gasteiger partial charge on any atom is 0.261 e. The minimum Gasteiger partial charge on any atom is -0.364 e. The molecule has 0 bridgehead atoms. The Balaban J connectivity index is 2.31. The third kappa shape index (κ3) is 2.95. The third-order valence-electron chi connectivity index (χ3n) is 3.00. The molecule has 0 radical (unpaired) electrons. The molecule has 1 unspecified atom stereocenters. The van der Waals surface area contributed by atoms with Crippen LogP contribution in [0.2, 0.25) is 0 Å². The number of hydrogen-bond donors (Lipinski definition) is 3. The lowest BCUT2D eigenvalue weighted by atomic mass is 10.1. The van der Waals surface area contributed by atoms with E-state index in [0.717, 1.165) is 5.56 Å². The maximum absolute atomic E-state index is 12.1.